The first-order valence-electron chi connectivity index (χ1n) is 8.10. The summed E-state index contributed by atoms with van der Waals surface area (Å²) in [6, 6.07) is 9.65. The number of rotatable bonds is 5. The molecule has 1 heterocycles. The molecule has 1 aliphatic heterocycles. The smallest absolute Gasteiger partial charge is 0.302 e. The van der Waals surface area contributed by atoms with Crippen LogP contribution in [-0.2, 0) is 19.2 Å². The number of hydrogen-bond acceptors (Lipinski definition) is 8. The van der Waals surface area contributed by atoms with Crippen molar-refractivity contribution >= 4 is 46.3 Å². The monoisotopic (exact) mass is 402 g/mol. The van der Waals surface area contributed by atoms with Gasteiger partial charge in [-0.05, 0) is 24.3 Å². The van der Waals surface area contributed by atoms with Gasteiger partial charge in [0.15, 0.2) is 17.3 Å². The van der Waals surface area contributed by atoms with E-state index < -0.39 is 39.9 Å². The van der Waals surface area contributed by atoms with E-state index in [1.165, 1.54) is 36.4 Å². The van der Waals surface area contributed by atoms with Crippen LogP contribution in [0.15, 0.2) is 48.5 Å². The molecule has 3 atom stereocenters. The van der Waals surface area contributed by atoms with Gasteiger partial charge in [-0.15, -0.1) is 0 Å². The fraction of sp³-hybridized carbons (Fsp3) is 0.0588. The number of ketones is 1. The molecule has 2 aromatic rings. The molecule has 1 aliphatic rings. The number of nitrogens with one attached hydrogen (secondary N) is 3. The molecule has 1 saturated heterocycles. The molecule has 12 heteroatoms. The van der Waals surface area contributed by atoms with E-state index in [9.17, 15) is 29.6 Å². The SMILES string of the molecule is O=C(Nc1ccc([NH+]([O-])O)cc1)C1C(=O)C(=O)N(c2ccc([NH+]([O-])O)cc2)C1=O. The number of imide groups is 1. The van der Waals surface area contributed by atoms with Crippen LogP contribution in [-0.4, -0.2) is 33.9 Å². The van der Waals surface area contributed by atoms with Crippen LogP contribution in [0, 0.1) is 16.3 Å². The zero-order chi connectivity index (χ0) is 21.3. The lowest BCUT2D eigenvalue weighted by atomic mass is 10.1. The van der Waals surface area contributed by atoms with Crippen LogP contribution in [0.2, 0.25) is 0 Å². The Morgan fingerprint density at radius 1 is 0.897 bits per heavy atom. The Balaban J connectivity index is 1.79. The highest BCUT2D eigenvalue weighted by molar-refractivity contribution is 6.59. The fourth-order valence-electron chi connectivity index (χ4n) is 2.71. The van der Waals surface area contributed by atoms with Crippen molar-refractivity contribution in [2.24, 2.45) is 5.92 Å². The maximum atomic E-state index is 12.6. The molecule has 12 nitrogen and oxygen atoms in total. The van der Waals surface area contributed by atoms with Gasteiger partial charge in [0.05, 0.1) is 5.69 Å². The van der Waals surface area contributed by atoms with Crippen molar-refractivity contribution in [1.82, 2.24) is 0 Å². The molecular formula is C17H14N4O8. The number of benzene rings is 2. The minimum absolute atomic E-state index is 0.0258. The van der Waals surface area contributed by atoms with Crippen LogP contribution in [0.25, 0.3) is 0 Å². The number of amides is 3. The van der Waals surface area contributed by atoms with Crippen molar-refractivity contribution in [3.63, 3.8) is 0 Å². The van der Waals surface area contributed by atoms with Crippen LogP contribution in [0.3, 0.4) is 0 Å². The van der Waals surface area contributed by atoms with E-state index in [1.807, 2.05) is 0 Å². The highest BCUT2D eigenvalue weighted by atomic mass is 16.8. The Hall–Kier alpha value is -3.52. The second-order valence-corrected chi connectivity index (χ2v) is 6.00. The van der Waals surface area contributed by atoms with Gasteiger partial charge < -0.3 is 15.7 Å². The van der Waals surface area contributed by atoms with Gasteiger partial charge in [0, 0.05) is 30.0 Å². The molecule has 0 saturated carbocycles. The minimum atomic E-state index is -1.90. The average Bonchev–Trinajstić information content (AvgIpc) is 2.91. The zero-order valence-electron chi connectivity index (χ0n) is 14.5. The summed E-state index contributed by atoms with van der Waals surface area (Å²) in [7, 11) is 0. The lowest BCUT2D eigenvalue weighted by Gasteiger charge is -2.16. The molecule has 2 aromatic carbocycles. The van der Waals surface area contributed by atoms with Gasteiger partial charge in [-0.25, -0.2) is 15.3 Å². The normalized spacial score (nSPS) is 18.7. The molecule has 0 radical (unpaired) electrons. The van der Waals surface area contributed by atoms with Crippen molar-refractivity contribution in [3.8, 4) is 0 Å². The second-order valence-electron chi connectivity index (χ2n) is 6.00. The number of nitrogens with zero attached hydrogens (tertiary/aromatic N) is 1. The molecule has 0 aromatic heterocycles. The van der Waals surface area contributed by atoms with Crippen LogP contribution in [0.5, 0.6) is 0 Å². The first-order valence-corrected chi connectivity index (χ1v) is 8.10. The van der Waals surface area contributed by atoms with Crippen LogP contribution in [0.4, 0.5) is 22.7 Å². The van der Waals surface area contributed by atoms with Crippen molar-refractivity contribution < 1.29 is 40.0 Å². The maximum Gasteiger partial charge on any atom is 0.302 e. The van der Waals surface area contributed by atoms with Crippen molar-refractivity contribution in [2.75, 3.05) is 10.2 Å². The predicted molar refractivity (Wildman–Crippen MR) is 94.1 cm³/mol. The van der Waals surface area contributed by atoms with Gasteiger partial charge in [0.2, 0.25) is 11.7 Å². The van der Waals surface area contributed by atoms with Gasteiger partial charge in [-0.1, -0.05) is 0 Å². The molecule has 29 heavy (non-hydrogen) atoms. The van der Waals surface area contributed by atoms with Gasteiger partial charge >= 0.3 is 5.91 Å². The number of Topliss-reactive ketones (excluding diaryl/α,β-unsaturated/α-hetero) is 1. The Morgan fingerprint density at radius 3 is 1.86 bits per heavy atom. The molecule has 0 aliphatic carbocycles. The number of carbonyl (C=O) groups excluding carboxylic acids is 4. The van der Waals surface area contributed by atoms with Gasteiger partial charge in [-0.3, -0.25) is 19.2 Å². The largest absolute Gasteiger partial charge is 0.595 e. The summed E-state index contributed by atoms with van der Waals surface area (Å²) in [5.41, 5.74) is -0.0165. The van der Waals surface area contributed by atoms with E-state index in [-0.39, 0.29) is 22.7 Å². The Bertz CT molecular complexity index is 972. The third-order valence-electron chi connectivity index (χ3n) is 4.18. The summed E-state index contributed by atoms with van der Waals surface area (Å²) in [6.07, 6.45) is 0. The maximum absolute atomic E-state index is 12.6. The van der Waals surface area contributed by atoms with E-state index in [2.05, 4.69) is 5.32 Å². The van der Waals surface area contributed by atoms with Crippen molar-refractivity contribution in [1.29, 1.82) is 0 Å². The fourth-order valence-corrected chi connectivity index (χ4v) is 2.71. The predicted octanol–water partition coefficient (Wildman–Crippen LogP) is -1.81. The minimum Gasteiger partial charge on any atom is -0.595 e. The van der Waals surface area contributed by atoms with E-state index in [0.717, 1.165) is 12.1 Å². The lowest BCUT2D eigenvalue weighted by molar-refractivity contribution is -0.991. The zero-order valence-corrected chi connectivity index (χ0v) is 14.5. The van der Waals surface area contributed by atoms with Crippen LogP contribution < -0.4 is 20.7 Å². The second kappa shape index (κ2) is 7.84. The standard InChI is InChI=1S/C17H14N4O8/c22-14-13(15(23)18-9-1-3-11(4-2-9)20(26)27)16(24)19(17(14)25)10-5-7-12(8-6-10)21(28)29/h1-8,13,20-21,26,28H,(H,18,23). The highest BCUT2D eigenvalue weighted by Crippen LogP contribution is 2.26. The van der Waals surface area contributed by atoms with Gasteiger partial charge in [0.1, 0.15) is 0 Å². The number of carbonyl (C=O) groups is 4. The Kier molecular flexibility index (Phi) is 5.47. The van der Waals surface area contributed by atoms with Crippen LogP contribution in [0.1, 0.15) is 0 Å². The van der Waals surface area contributed by atoms with Gasteiger partial charge in [0.25, 0.3) is 5.91 Å². The molecule has 1 fully saturated rings. The molecule has 150 valence electrons. The van der Waals surface area contributed by atoms with E-state index >= 15 is 0 Å². The quantitative estimate of drug-likeness (QED) is 0.168. The first-order chi connectivity index (χ1) is 13.7. The Morgan fingerprint density at radius 2 is 1.38 bits per heavy atom. The molecular weight excluding hydrogens is 388 g/mol. The molecule has 5 N–H and O–H groups in total. The van der Waals surface area contributed by atoms with Gasteiger partial charge in [-0.2, -0.15) is 10.5 Å². The van der Waals surface area contributed by atoms with E-state index in [4.69, 9.17) is 10.4 Å². The average molecular weight is 402 g/mol. The Labute approximate surface area is 162 Å². The number of hydrogen-bond donors (Lipinski definition) is 5. The lowest BCUT2D eigenvalue weighted by Crippen LogP contribution is -2.99. The molecule has 0 spiro atoms. The molecule has 3 amide bonds. The topological polar surface area (TPSA) is 179 Å². The summed E-state index contributed by atoms with van der Waals surface area (Å²) in [5.74, 6) is -6.44. The molecule has 3 unspecified atom stereocenters. The summed E-state index contributed by atoms with van der Waals surface area (Å²) in [4.78, 5) is 49.9. The molecule has 0 bridgehead atoms. The van der Waals surface area contributed by atoms with E-state index in [1.54, 1.807) is 0 Å². The van der Waals surface area contributed by atoms with Crippen LogP contribution >= 0.6 is 0 Å². The third kappa shape index (κ3) is 3.88. The third-order valence-corrected chi connectivity index (χ3v) is 4.18. The molecule has 3 rings (SSSR count). The van der Waals surface area contributed by atoms with Crippen molar-refractivity contribution in [2.45, 2.75) is 0 Å². The first kappa shape index (κ1) is 20.2. The summed E-state index contributed by atoms with van der Waals surface area (Å²) < 4.78 is 0. The highest BCUT2D eigenvalue weighted by Gasteiger charge is 2.51. The summed E-state index contributed by atoms with van der Waals surface area (Å²) in [6.45, 7) is 0. The number of anilines is 2. The summed E-state index contributed by atoms with van der Waals surface area (Å²) >= 11 is 0. The summed E-state index contributed by atoms with van der Waals surface area (Å²) in [5, 5.41) is 39.4. The number of quaternary nitrogens is 2. The van der Waals surface area contributed by atoms with E-state index in [0.29, 0.717) is 4.90 Å². The van der Waals surface area contributed by atoms with Crippen molar-refractivity contribution in [3.05, 3.63) is 58.9 Å².